The fourth-order valence-corrected chi connectivity index (χ4v) is 3.42. The summed E-state index contributed by atoms with van der Waals surface area (Å²) in [6.07, 6.45) is -3.29. The zero-order valence-corrected chi connectivity index (χ0v) is 16.7. The van der Waals surface area contributed by atoms with Crippen molar-refractivity contribution in [3.63, 3.8) is 0 Å². The van der Waals surface area contributed by atoms with Crippen LogP contribution in [0.25, 0.3) is 33.7 Å². The first-order chi connectivity index (χ1) is 14.7. The molecule has 0 saturated carbocycles. The molecule has 0 fully saturated rings. The zero-order chi connectivity index (χ0) is 22.2. The van der Waals surface area contributed by atoms with Gasteiger partial charge in [0.25, 0.3) is 0 Å². The average Bonchev–Trinajstić information content (AvgIpc) is 3.03. The Morgan fingerprint density at radius 1 is 1.00 bits per heavy atom. The monoisotopic (exact) mass is 430 g/mol. The fraction of sp³-hybridized carbons (Fsp3) is 0.227. The lowest BCUT2D eigenvalue weighted by Crippen LogP contribution is -2.17. The van der Waals surface area contributed by atoms with Gasteiger partial charge in [-0.25, -0.2) is 14.4 Å². The second-order valence-corrected chi connectivity index (χ2v) is 7.00. The third-order valence-corrected chi connectivity index (χ3v) is 4.68. The van der Waals surface area contributed by atoms with Gasteiger partial charge in [-0.3, -0.25) is 4.68 Å². The Morgan fingerprint density at radius 3 is 2.42 bits per heavy atom. The van der Waals surface area contributed by atoms with Gasteiger partial charge < -0.3 is 4.74 Å². The molecule has 2 heterocycles. The van der Waals surface area contributed by atoms with Crippen molar-refractivity contribution >= 4 is 11.0 Å². The number of hydrogen-bond donors (Lipinski definition) is 0. The largest absolute Gasteiger partial charge is 0.573 e. The predicted molar refractivity (Wildman–Crippen MR) is 108 cm³/mol. The summed E-state index contributed by atoms with van der Waals surface area (Å²) in [6, 6.07) is 11.3. The van der Waals surface area contributed by atoms with E-state index in [1.54, 1.807) is 29.9 Å². The van der Waals surface area contributed by atoms with Gasteiger partial charge in [0.2, 0.25) is 0 Å². The molecule has 0 saturated heterocycles. The summed E-state index contributed by atoms with van der Waals surface area (Å²) >= 11 is 0. The summed E-state index contributed by atoms with van der Waals surface area (Å²) < 4.78 is 57.2. The van der Waals surface area contributed by atoms with Crippen molar-refractivity contribution < 1.29 is 22.3 Å². The summed E-state index contributed by atoms with van der Waals surface area (Å²) in [5.74, 6) is -0.416. The first-order valence-electron chi connectivity index (χ1n) is 9.61. The van der Waals surface area contributed by atoms with Crippen LogP contribution >= 0.6 is 0 Å². The highest BCUT2D eigenvalue weighted by Gasteiger charge is 2.31. The van der Waals surface area contributed by atoms with Crippen molar-refractivity contribution in [3.8, 4) is 28.4 Å². The molecule has 0 amide bonds. The molecule has 0 unspecified atom stereocenters. The van der Waals surface area contributed by atoms with E-state index in [9.17, 15) is 17.6 Å². The molecule has 4 rings (SSSR count). The summed E-state index contributed by atoms with van der Waals surface area (Å²) in [7, 11) is 1.74. The number of alkyl halides is 3. The van der Waals surface area contributed by atoms with Crippen LogP contribution in [-0.4, -0.2) is 26.1 Å². The Morgan fingerprint density at radius 2 is 1.74 bits per heavy atom. The molecule has 0 aliphatic rings. The highest BCUT2D eigenvalue weighted by atomic mass is 19.4. The third-order valence-electron chi connectivity index (χ3n) is 4.68. The summed E-state index contributed by atoms with van der Waals surface area (Å²) in [5.41, 5.74) is 3.38. The Hall–Kier alpha value is -3.49. The molecule has 5 nitrogen and oxygen atoms in total. The molecular formula is C22H18F4N4O. The summed E-state index contributed by atoms with van der Waals surface area (Å²) in [5, 5.41) is 4.54. The predicted octanol–water partition coefficient (Wildman–Crippen LogP) is 5.69. The highest BCUT2D eigenvalue weighted by molar-refractivity contribution is 5.92. The molecule has 31 heavy (non-hydrogen) atoms. The van der Waals surface area contributed by atoms with Crippen molar-refractivity contribution in [3.05, 3.63) is 60.0 Å². The minimum absolute atomic E-state index is 0.329. The van der Waals surface area contributed by atoms with Gasteiger partial charge in [0.15, 0.2) is 5.82 Å². The lowest BCUT2D eigenvalue weighted by atomic mass is 10.1. The maximum Gasteiger partial charge on any atom is 0.573 e. The molecule has 0 aliphatic carbocycles. The van der Waals surface area contributed by atoms with Crippen LogP contribution in [0, 0.1) is 5.82 Å². The van der Waals surface area contributed by atoms with Crippen LogP contribution in [0.15, 0.2) is 48.5 Å². The first-order valence-corrected chi connectivity index (χ1v) is 9.61. The van der Waals surface area contributed by atoms with Crippen LogP contribution < -0.4 is 4.74 Å². The van der Waals surface area contributed by atoms with E-state index in [1.807, 2.05) is 6.92 Å². The number of benzene rings is 2. The molecule has 2 aromatic carbocycles. The SMILES string of the molecule is CCCc1nn(C)c2c(-c3cccc(OC(F)(F)F)c3)nc(-c3ccc(F)cc3)nc12. The van der Waals surface area contributed by atoms with E-state index in [-0.39, 0.29) is 5.75 Å². The Labute approximate surface area is 175 Å². The summed E-state index contributed by atoms with van der Waals surface area (Å²) in [4.78, 5) is 9.27. The van der Waals surface area contributed by atoms with Crippen LogP contribution in [0.2, 0.25) is 0 Å². The van der Waals surface area contributed by atoms with Gasteiger partial charge >= 0.3 is 6.36 Å². The van der Waals surface area contributed by atoms with Crippen molar-refractivity contribution in [2.75, 3.05) is 0 Å². The molecule has 9 heteroatoms. The second-order valence-electron chi connectivity index (χ2n) is 7.00. The van der Waals surface area contributed by atoms with Gasteiger partial charge in [-0.15, -0.1) is 13.2 Å². The standard InChI is InChI=1S/C22H18F4N4O/c1-3-5-17-19-20(30(2)29-17)18(14-6-4-7-16(12-14)31-22(24,25)26)27-21(28-19)13-8-10-15(23)11-9-13/h4,6-12H,3,5H2,1-2H3. The number of aryl methyl sites for hydroxylation is 2. The van der Waals surface area contributed by atoms with Crippen LogP contribution in [0.5, 0.6) is 5.75 Å². The van der Waals surface area contributed by atoms with E-state index in [4.69, 9.17) is 0 Å². The second kappa shape index (κ2) is 7.98. The van der Waals surface area contributed by atoms with Crippen LogP contribution in [0.3, 0.4) is 0 Å². The minimum atomic E-state index is -4.81. The van der Waals surface area contributed by atoms with Gasteiger partial charge in [0.05, 0.1) is 5.69 Å². The number of rotatable bonds is 5. The lowest BCUT2D eigenvalue weighted by Gasteiger charge is -2.11. The average molecular weight is 430 g/mol. The smallest absolute Gasteiger partial charge is 0.406 e. The first kappa shape index (κ1) is 20.8. The van der Waals surface area contributed by atoms with Gasteiger partial charge in [-0.1, -0.05) is 25.5 Å². The van der Waals surface area contributed by atoms with Gasteiger partial charge in [0, 0.05) is 18.2 Å². The van der Waals surface area contributed by atoms with E-state index >= 15 is 0 Å². The molecule has 2 aromatic heterocycles. The van der Waals surface area contributed by atoms with E-state index in [2.05, 4.69) is 19.8 Å². The Bertz CT molecular complexity index is 1230. The van der Waals surface area contributed by atoms with Crippen molar-refractivity contribution in [1.29, 1.82) is 0 Å². The van der Waals surface area contributed by atoms with Crippen LogP contribution in [0.4, 0.5) is 17.6 Å². The van der Waals surface area contributed by atoms with E-state index in [1.165, 1.54) is 30.3 Å². The van der Waals surface area contributed by atoms with Crippen molar-refractivity contribution in [2.45, 2.75) is 26.1 Å². The molecular weight excluding hydrogens is 412 g/mol. The van der Waals surface area contributed by atoms with Crippen LogP contribution in [-0.2, 0) is 13.5 Å². The molecule has 160 valence electrons. The number of aromatic nitrogens is 4. The molecule has 0 bridgehead atoms. The molecule has 0 aliphatic heterocycles. The Balaban J connectivity index is 1.95. The zero-order valence-electron chi connectivity index (χ0n) is 16.7. The molecule has 0 atom stereocenters. The normalized spacial score (nSPS) is 11.8. The highest BCUT2D eigenvalue weighted by Crippen LogP contribution is 2.33. The Kier molecular flexibility index (Phi) is 5.34. The van der Waals surface area contributed by atoms with Gasteiger partial charge in [-0.2, -0.15) is 5.10 Å². The maximum atomic E-state index is 13.4. The van der Waals surface area contributed by atoms with E-state index in [0.29, 0.717) is 40.1 Å². The number of ether oxygens (including phenoxy) is 1. The van der Waals surface area contributed by atoms with Crippen molar-refractivity contribution in [2.24, 2.45) is 7.05 Å². The quantitative estimate of drug-likeness (QED) is 0.382. The van der Waals surface area contributed by atoms with Gasteiger partial charge in [0.1, 0.15) is 28.3 Å². The molecule has 0 N–H and O–H groups in total. The topological polar surface area (TPSA) is 52.8 Å². The number of fused-ring (bicyclic) bond motifs is 1. The molecule has 0 radical (unpaired) electrons. The van der Waals surface area contributed by atoms with Crippen molar-refractivity contribution in [1.82, 2.24) is 19.7 Å². The van der Waals surface area contributed by atoms with E-state index in [0.717, 1.165) is 12.1 Å². The summed E-state index contributed by atoms with van der Waals surface area (Å²) in [6.45, 7) is 2.02. The third kappa shape index (κ3) is 4.35. The van der Waals surface area contributed by atoms with Crippen LogP contribution in [0.1, 0.15) is 19.0 Å². The number of hydrogen-bond acceptors (Lipinski definition) is 4. The number of nitrogens with zero attached hydrogens (tertiary/aromatic N) is 4. The molecule has 4 aromatic rings. The fourth-order valence-electron chi connectivity index (χ4n) is 3.42. The maximum absolute atomic E-state index is 13.4. The minimum Gasteiger partial charge on any atom is -0.406 e. The lowest BCUT2D eigenvalue weighted by molar-refractivity contribution is -0.274. The van der Waals surface area contributed by atoms with Gasteiger partial charge in [-0.05, 0) is 42.8 Å². The molecule has 0 spiro atoms. The number of halogens is 4. The van der Waals surface area contributed by atoms with E-state index < -0.39 is 12.2 Å².